The molecule has 1 saturated carbocycles. The molecule has 1 fully saturated rings. The Bertz CT molecular complexity index is 677. The van der Waals surface area contributed by atoms with Gasteiger partial charge >= 0.3 is 6.18 Å². The Balaban J connectivity index is 2.07. The molecule has 2 aliphatic rings. The lowest BCUT2D eigenvalue weighted by Crippen LogP contribution is -2.61. The first kappa shape index (κ1) is 16.3. The standard InChI is InChI=1S/C15H14ClF3N2O2/c16-11-7-3-1-5-9(11)13(22)21-14(23,15(17,18)19)10-6-2-4-8-12(10)20-21/h1,3,5,7,10,23H,2,4,6,8H2/t10-,14+/m0/s1. The number of amides is 1. The molecule has 8 heteroatoms. The SMILES string of the molecule is O=C(c1ccccc1Cl)N1N=C2CCCC[C@@H]2[C@@]1(O)C(F)(F)F. The van der Waals surface area contributed by atoms with Crippen molar-refractivity contribution < 1.29 is 23.1 Å². The summed E-state index contributed by atoms with van der Waals surface area (Å²) >= 11 is 5.90. The summed E-state index contributed by atoms with van der Waals surface area (Å²) in [5.41, 5.74) is -3.23. The third-order valence-corrected chi connectivity index (χ3v) is 4.66. The first-order valence-corrected chi connectivity index (χ1v) is 7.60. The van der Waals surface area contributed by atoms with Gasteiger partial charge in [0.2, 0.25) is 0 Å². The Labute approximate surface area is 135 Å². The van der Waals surface area contributed by atoms with Gasteiger partial charge in [-0.15, -0.1) is 0 Å². The molecule has 0 spiro atoms. The maximum atomic E-state index is 13.6. The van der Waals surface area contributed by atoms with E-state index in [0.717, 1.165) is 0 Å². The molecular weight excluding hydrogens is 333 g/mol. The van der Waals surface area contributed by atoms with Crippen molar-refractivity contribution in [2.24, 2.45) is 11.0 Å². The zero-order valence-corrected chi connectivity index (χ0v) is 12.7. The van der Waals surface area contributed by atoms with Gasteiger partial charge in [0, 0.05) is 5.71 Å². The second kappa shape index (κ2) is 5.49. The van der Waals surface area contributed by atoms with Crippen LogP contribution in [-0.2, 0) is 0 Å². The van der Waals surface area contributed by atoms with Crippen LogP contribution in [0.1, 0.15) is 36.0 Å². The van der Waals surface area contributed by atoms with Crippen molar-refractivity contribution in [3.05, 3.63) is 34.9 Å². The maximum Gasteiger partial charge on any atom is 0.439 e. The van der Waals surface area contributed by atoms with E-state index in [9.17, 15) is 23.1 Å². The minimum Gasteiger partial charge on any atom is -0.362 e. The Morgan fingerprint density at radius 3 is 2.70 bits per heavy atom. The summed E-state index contributed by atoms with van der Waals surface area (Å²) in [4.78, 5) is 12.5. The van der Waals surface area contributed by atoms with Gasteiger partial charge in [-0.25, -0.2) is 0 Å². The van der Waals surface area contributed by atoms with E-state index in [1.807, 2.05) is 0 Å². The van der Waals surface area contributed by atoms with Crippen LogP contribution in [0.15, 0.2) is 29.4 Å². The highest BCUT2D eigenvalue weighted by Crippen LogP contribution is 2.48. The van der Waals surface area contributed by atoms with E-state index in [2.05, 4.69) is 5.10 Å². The minimum atomic E-state index is -5.02. The molecule has 1 heterocycles. The van der Waals surface area contributed by atoms with E-state index in [-0.39, 0.29) is 27.7 Å². The van der Waals surface area contributed by atoms with Gasteiger partial charge in [0.15, 0.2) is 0 Å². The number of hydrogen-bond donors (Lipinski definition) is 1. The molecule has 0 saturated heterocycles. The van der Waals surface area contributed by atoms with Gasteiger partial charge < -0.3 is 5.11 Å². The van der Waals surface area contributed by atoms with Crippen LogP contribution in [0.4, 0.5) is 13.2 Å². The van der Waals surface area contributed by atoms with Gasteiger partial charge in [0.1, 0.15) is 0 Å². The van der Waals surface area contributed by atoms with E-state index >= 15 is 0 Å². The fourth-order valence-electron chi connectivity index (χ4n) is 3.17. The number of halogens is 4. The summed E-state index contributed by atoms with van der Waals surface area (Å²) in [5, 5.41) is 14.4. The number of carbonyl (C=O) groups excluding carboxylic acids is 1. The number of carbonyl (C=O) groups is 1. The zero-order valence-electron chi connectivity index (χ0n) is 12.0. The maximum absolute atomic E-state index is 13.6. The molecule has 2 atom stereocenters. The highest BCUT2D eigenvalue weighted by atomic mass is 35.5. The molecular formula is C15H14ClF3N2O2. The lowest BCUT2D eigenvalue weighted by Gasteiger charge is -2.38. The van der Waals surface area contributed by atoms with Crippen molar-refractivity contribution in [2.75, 3.05) is 0 Å². The highest BCUT2D eigenvalue weighted by Gasteiger charge is 2.68. The summed E-state index contributed by atoms with van der Waals surface area (Å²) in [6.45, 7) is 0. The van der Waals surface area contributed by atoms with Crippen molar-refractivity contribution >= 4 is 23.2 Å². The number of fused-ring (bicyclic) bond motifs is 1. The number of hydrazone groups is 1. The minimum absolute atomic E-state index is 0.0112. The van der Waals surface area contributed by atoms with Crippen molar-refractivity contribution in [3.63, 3.8) is 0 Å². The van der Waals surface area contributed by atoms with Crippen molar-refractivity contribution in [1.82, 2.24) is 5.01 Å². The normalized spacial score (nSPS) is 27.6. The van der Waals surface area contributed by atoms with E-state index in [1.54, 1.807) is 6.07 Å². The molecule has 1 aromatic carbocycles. The average Bonchev–Trinajstić information content (AvgIpc) is 2.82. The Morgan fingerprint density at radius 2 is 2.04 bits per heavy atom. The zero-order chi connectivity index (χ0) is 16.8. The molecule has 0 unspecified atom stereocenters. The Kier molecular flexibility index (Phi) is 3.88. The first-order valence-electron chi connectivity index (χ1n) is 7.22. The molecule has 1 aliphatic carbocycles. The molecule has 23 heavy (non-hydrogen) atoms. The predicted octanol–water partition coefficient (Wildman–Crippen LogP) is 3.59. The van der Waals surface area contributed by atoms with Gasteiger partial charge in [-0.1, -0.05) is 30.2 Å². The first-order chi connectivity index (χ1) is 10.8. The number of rotatable bonds is 1. The van der Waals surface area contributed by atoms with Gasteiger partial charge in [-0.2, -0.15) is 23.3 Å². The van der Waals surface area contributed by atoms with Gasteiger partial charge in [-0.3, -0.25) is 4.79 Å². The molecule has 0 bridgehead atoms. The Hall–Kier alpha value is -1.60. The second-order valence-corrected chi connectivity index (χ2v) is 6.12. The number of aliphatic hydroxyl groups is 1. The third-order valence-electron chi connectivity index (χ3n) is 4.33. The van der Waals surface area contributed by atoms with Crippen LogP contribution in [0.25, 0.3) is 0 Å². The van der Waals surface area contributed by atoms with Gasteiger partial charge in [-0.05, 0) is 31.4 Å². The molecule has 1 amide bonds. The average molecular weight is 347 g/mol. The summed E-state index contributed by atoms with van der Waals surface area (Å²) in [5.74, 6) is -2.28. The van der Waals surface area contributed by atoms with Crippen LogP contribution in [0, 0.1) is 5.92 Å². The van der Waals surface area contributed by atoms with Crippen molar-refractivity contribution in [2.45, 2.75) is 37.6 Å². The second-order valence-electron chi connectivity index (χ2n) is 5.71. The lowest BCUT2D eigenvalue weighted by molar-refractivity contribution is -0.312. The summed E-state index contributed by atoms with van der Waals surface area (Å²) in [7, 11) is 0. The quantitative estimate of drug-likeness (QED) is 0.844. The summed E-state index contributed by atoms with van der Waals surface area (Å²) in [6, 6.07) is 5.76. The van der Waals surface area contributed by atoms with Crippen LogP contribution in [0.3, 0.4) is 0 Å². The molecule has 1 aliphatic heterocycles. The van der Waals surface area contributed by atoms with Crippen LogP contribution < -0.4 is 0 Å². The molecule has 0 aromatic heterocycles. The molecule has 1 N–H and O–H groups in total. The number of hydrogen-bond acceptors (Lipinski definition) is 3. The summed E-state index contributed by atoms with van der Waals surface area (Å²) in [6.07, 6.45) is -3.29. The number of benzene rings is 1. The van der Waals surface area contributed by atoms with Crippen LogP contribution in [-0.4, -0.2) is 33.6 Å². The Morgan fingerprint density at radius 1 is 1.35 bits per heavy atom. The number of nitrogens with zero attached hydrogens (tertiary/aromatic N) is 2. The van der Waals surface area contributed by atoms with Gasteiger partial charge in [0.05, 0.1) is 16.5 Å². The fourth-order valence-corrected chi connectivity index (χ4v) is 3.38. The van der Waals surface area contributed by atoms with Crippen LogP contribution >= 0.6 is 11.6 Å². The molecule has 3 rings (SSSR count). The predicted molar refractivity (Wildman–Crippen MR) is 78.0 cm³/mol. The third kappa shape index (κ3) is 2.42. The van der Waals surface area contributed by atoms with E-state index < -0.39 is 23.7 Å². The smallest absolute Gasteiger partial charge is 0.362 e. The van der Waals surface area contributed by atoms with E-state index in [0.29, 0.717) is 19.3 Å². The largest absolute Gasteiger partial charge is 0.439 e. The topological polar surface area (TPSA) is 52.9 Å². The van der Waals surface area contributed by atoms with E-state index in [1.165, 1.54) is 18.2 Å². The molecule has 1 aromatic rings. The molecule has 124 valence electrons. The van der Waals surface area contributed by atoms with Crippen LogP contribution in [0.2, 0.25) is 5.02 Å². The van der Waals surface area contributed by atoms with E-state index in [4.69, 9.17) is 11.6 Å². The molecule has 0 radical (unpaired) electrons. The lowest BCUT2D eigenvalue weighted by atomic mass is 9.80. The highest BCUT2D eigenvalue weighted by molar-refractivity contribution is 6.33. The van der Waals surface area contributed by atoms with Crippen molar-refractivity contribution in [1.29, 1.82) is 0 Å². The molecule has 4 nitrogen and oxygen atoms in total. The van der Waals surface area contributed by atoms with Crippen molar-refractivity contribution in [3.8, 4) is 0 Å². The summed E-state index contributed by atoms with van der Waals surface area (Å²) < 4.78 is 40.8. The van der Waals surface area contributed by atoms with Crippen LogP contribution in [0.5, 0.6) is 0 Å². The van der Waals surface area contributed by atoms with Gasteiger partial charge in [0.25, 0.3) is 11.6 Å². The fraction of sp³-hybridized carbons (Fsp3) is 0.467. The number of alkyl halides is 3. The monoisotopic (exact) mass is 346 g/mol.